The van der Waals surface area contributed by atoms with Crippen molar-refractivity contribution < 1.29 is 4.74 Å². The van der Waals surface area contributed by atoms with E-state index in [1.165, 1.54) is 0 Å². The van der Waals surface area contributed by atoms with Gasteiger partial charge in [0.2, 0.25) is 0 Å². The van der Waals surface area contributed by atoms with Crippen LogP contribution in [0.15, 0.2) is 34.8 Å². The number of nitrogens with one attached hydrogen (secondary N) is 1. The highest BCUT2D eigenvalue weighted by Gasteiger charge is 2.12. The Kier molecular flexibility index (Phi) is 3.63. The second-order valence-corrected chi connectivity index (χ2v) is 5.94. The summed E-state index contributed by atoms with van der Waals surface area (Å²) in [6, 6.07) is 9.27. The van der Waals surface area contributed by atoms with Gasteiger partial charge < -0.3 is 9.72 Å². The van der Waals surface area contributed by atoms with Crippen molar-refractivity contribution in [1.82, 2.24) is 9.97 Å². The van der Waals surface area contributed by atoms with Gasteiger partial charge in [0.05, 0.1) is 33.8 Å². The molecule has 3 aromatic rings. The van der Waals surface area contributed by atoms with Crippen LogP contribution in [-0.4, -0.2) is 17.1 Å². The predicted octanol–water partition coefficient (Wildman–Crippen LogP) is 5.31. The number of hydrogen-bond donors (Lipinski definition) is 1. The Bertz CT molecular complexity index is 762. The Morgan fingerprint density at radius 1 is 1.15 bits per heavy atom. The molecule has 0 amide bonds. The molecule has 0 fully saturated rings. The van der Waals surface area contributed by atoms with Gasteiger partial charge in [0, 0.05) is 4.47 Å². The number of rotatable bonds is 2. The van der Waals surface area contributed by atoms with Crippen LogP contribution in [0, 0.1) is 0 Å². The lowest BCUT2D eigenvalue weighted by molar-refractivity contribution is 0.416. The van der Waals surface area contributed by atoms with E-state index < -0.39 is 0 Å². The number of methoxy groups -OCH3 is 1. The Balaban J connectivity index is 2.20. The van der Waals surface area contributed by atoms with Gasteiger partial charge >= 0.3 is 0 Å². The van der Waals surface area contributed by atoms with Crippen molar-refractivity contribution in [1.29, 1.82) is 0 Å². The monoisotopic (exact) mass is 370 g/mol. The minimum atomic E-state index is 0.486. The van der Waals surface area contributed by atoms with E-state index in [9.17, 15) is 0 Å². The third-order valence-electron chi connectivity index (χ3n) is 2.94. The zero-order chi connectivity index (χ0) is 14.3. The molecule has 0 aliphatic rings. The van der Waals surface area contributed by atoms with E-state index in [1.807, 2.05) is 18.2 Å². The molecule has 1 aromatic heterocycles. The molecular formula is C14H9BrCl2N2O. The molecule has 3 rings (SSSR count). The molecule has 102 valence electrons. The topological polar surface area (TPSA) is 37.9 Å². The highest BCUT2D eigenvalue weighted by Crippen LogP contribution is 2.33. The number of hydrogen-bond acceptors (Lipinski definition) is 2. The number of aromatic nitrogens is 2. The minimum Gasteiger partial charge on any atom is -0.496 e. The zero-order valence-corrected chi connectivity index (χ0v) is 13.5. The van der Waals surface area contributed by atoms with Crippen LogP contribution in [0.4, 0.5) is 0 Å². The van der Waals surface area contributed by atoms with Crippen molar-refractivity contribution in [2.45, 2.75) is 0 Å². The molecule has 0 aliphatic heterocycles. The van der Waals surface area contributed by atoms with Crippen LogP contribution < -0.4 is 4.74 Å². The molecule has 20 heavy (non-hydrogen) atoms. The quantitative estimate of drug-likeness (QED) is 0.662. The van der Waals surface area contributed by atoms with E-state index in [1.54, 1.807) is 19.2 Å². The summed E-state index contributed by atoms with van der Waals surface area (Å²) in [5.74, 6) is 1.44. The molecule has 0 aliphatic carbocycles. The van der Waals surface area contributed by atoms with Gasteiger partial charge in [-0.25, -0.2) is 4.98 Å². The first-order valence-corrected chi connectivity index (χ1v) is 7.32. The summed E-state index contributed by atoms with van der Waals surface area (Å²) in [4.78, 5) is 7.75. The van der Waals surface area contributed by atoms with Crippen molar-refractivity contribution >= 4 is 50.2 Å². The van der Waals surface area contributed by atoms with Gasteiger partial charge in [-0.15, -0.1) is 0 Å². The van der Waals surface area contributed by atoms with Gasteiger partial charge in [-0.2, -0.15) is 0 Å². The molecule has 0 radical (unpaired) electrons. The maximum Gasteiger partial charge on any atom is 0.142 e. The summed E-state index contributed by atoms with van der Waals surface area (Å²) >= 11 is 15.4. The van der Waals surface area contributed by atoms with Crippen LogP contribution >= 0.6 is 39.1 Å². The summed E-state index contributed by atoms with van der Waals surface area (Å²) in [5.41, 5.74) is 2.47. The third-order valence-corrected chi connectivity index (χ3v) is 4.16. The van der Waals surface area contributed by atoms with E-state index >= 15 is 0 Å². The number of halogens is 3. The van der Waals surface area contributed by atoms with Crippen LogP contribution in [0.5, 0.6) is 5.75 Å². The summed E-state index contributed by atoms with van der Waals surface area (Å²) in [7, 11) is 1.63. The third kappa shape index (κ3) is 2.39. The fourth-order valence-electron chi connectivity index (χ4n) is 1.99. The highest BCUT2D eigenvalue weighted by atomic mass is 79.9. The van der Waals surface area contributed by atoms with E-state index in [4.69, 9.17) is 27.9 Å². The average Bonchev–Trinajstić information content (AvgIpc) is 2.81. The second kappa shape index (κ2) is 5.28. The van der Waals surface area contributed by atoms with Crippen LogP contribution in [0.2, 0.25) is 10.0 Å². The van der Waals surface area contributed by atoms with E-state index in [0.29, 0.717) is 15.9 Å². The van der Waals surface area contributed by atoms with Crippen molar-refractivity contribution in [3.05, 3.63) is 44.8 Å². The SMILES string of the molecule is COc1cc(Br)ccc1-c1nc2cc(Cl)c(Cl)cc2[nH]1. The summed E-state index contributed by atoms with van der Waals surface area (Å²) in [6.45, 7) is 0. The van der Waals surface area contributed by atoms with E-state index in [2.05, 4.69) is 25.9 Å². The van der Waals surface area contributed by atoms with E-state index in [-0.39, 0.29) is 0 Å². The van der Waals surface area contributed by atoms with Crippen LogP contribution in [0.3, 0.4) is 0 Å². The van der Waals surface area contributed by atoms with Gasteiger partial charge in [0.1, 0.15) is 11.6 Å². The lowest BCUT2D eigenvalue weighted by Crippen LogP contribution is -1.89. The Hall–Kier alpha value is -1.23. The van der Waals surface area contributed by atoms with Crippen molar-refractivity contribution in [2.24, 2.45) is 0 Å². The van der Waals surface area contributed by atoms with Crippen molar-refractivity contribution in [2.75, 3.05) is 7.11 Å². The average molecular weight is 372 g/mol. The number of aromatic amines is 1. The second-order valence-electron chi connectivity index (χ2n) is 4.21. The number of fused-ring (bicyclic) bond motifs is 1. The first kappa shape index (κ1) is 13.7. The maximum atomic E-state index is 6.01. The van der Waals surface area contributed by atoms with Crippen LogP contribution in [-0.2, 0) is 0 Å². The molecule has 3 nitrogen and oxygen atoms in total. The summed E-state index contributed by atoms with van der Waals surface area (Å²) < 4.78 is 6.33. The van der Waals surface area contributed by atoms with Gasteiger partial charge in [-0.05, 0) is 30.3 Å². The molecule has 0 saturated carbocycles. The first-order chi connectivity index (χ1) is 9.58. The molecule has 1 heterocycles. The molecule has 2 aromatic carbocycles. The number of imidazole rings is 1. The van der Waals surface area contributed by atoms with Crippen molar-refractivity contribution in [3.8, 4) is 17.1 Å². The number of H-pyrrole nitrogens is 1. The van der Waals surface area contributed by atoms with Crippen molar-refractivity contribution in [3.63, 3.8) is 0 Å². The molecule has 0 spiro atoms. The first-order valence-electron chi connectivity index (χ1n) is 5.77. The smallest absolute Gasteiger partial charge is 0.142 e. The minimum absolute atomic E-state index is 0.486. The predicted molar refractivity (Wildman–Crippen MR) is 85.8 cm³/mol. The van der Waals surface area contributed by atoms with Crippen LogP contribution in [0.25, 0.3) is 22.4 Å². The fourth-order valence-corrected chi connectivity index (χ4v) is 2.65. The van der Waals surface area contributed by atoms with Gasteiger partial charge in [0.25, 0.3) is 0 Å². The Labute approximate surface area is 134 Å². The number of nitrogens with zero attached hydrogens (tertiary/aromatic N) is 1. The Morgan fingerprint density at radius 3 is 2.65 bits per heavy atom. The maximum absolute atomic E-state index is 6.01. The highest BCUT2D eigenvalue weighted by molar-refractivity contribution is 9.10. The Morgan fingerprint density at radius 2 is 1.90 bits per heavy atom. The fraction of sp³-hybridized carbons (Fsp3) is 0.0714. The summed E-state index contributed by atoms with van der Waals surface area (Å²) in [5, 5.41) is 0.983. The standard InChI is InChI=1S/C14H9BrCl2N2O/c1-20-13-4-7(15)2-3-8(13)14-18-11-5-9(16)10(17)6-12(11)19-14/h2-6H,1H3,(H,18,19). The molecule has 1 N–H and O–H groups in total. The number of ether oxygens (including phenoxy) is 1. The largest absolute Gasteiger partial charge is 0.496 e. The van der Waals surface area contributed by atoms with Gasteiger partial charge in [0.15, 0.2) is 0 Å². The number of benzene rings is 2. The summed E-state index contributed by atoms with van der Waals surface area (Å²) in [6.07, 6.45) is 0. The molecule has 0 bridgehead atoms. The molecule has 0 saturated heterocycles. The zero-order valence-electron chi connectivity index (χ0n) is 10.4. The van der Waals surface area contributed by atoms with E-state index in [0.717, 1.165) is 26.8 Å². The molecule has 6 heteroatoms. The lowest BCUT2D eigenvalue weighted by Gasteiger charge is -2.06. The van der Waals surface area contributed by atoms with Crippen LogP contribution in [0.1, 0.15) is 0 Å². The van der Waals surface area contributed by atoms with Gasteiger partial charge in [-0.1, -0.05) is 39.1 Å². The molecular weight excluding hydrogens is 363 g/mol. The van der Waals surface area contributed by atoms with Gasteiger partial charge in [-0.3, -0.25) is 0 Å². The molecule has 0 atom stereocenters. The lowest BCUT2D eigenvalue weighted by atomic mass is 10.2. The normalized spacial score (nSPS) is 11.0. The molecule has 0 unspecified atom stereocenters.